The molecule has 0 heterocycles. The van der Waals surface area contributed by atoms with Gasteiger partial charge in [0.25, 0.3) is 0 Å². The average molecular weight is 378 g/mol. The number of nitrogens with zero attached hydrogens (tertiary/aromatic N) is 1. The van der Waals surface area contributed by atoms with E-state index in [9.17, 15) is 14.7 Å². The van der Waals surface area contributed by atoms with Crippen molar-refractivity contribution in [1.29, 1.82) is 0 Å². The summed E-state index contributed by atoms with van der Waals surface area (Å²) in [6.45, 7) is 8.59. The Labute approximate surface area is 183 Å². The number of hydrogen-bond acceptors (Lipinski definition) is 3. The zero-order chi connectivity index (χ0) is 19.1. The molecule has 0 aromatic heterocycles. The Hall–Kier alpha value is -0.0600. The summed E-state index contributed by atoms with van der Waals surface area (Å²) in [6.07, 6.45) is 13.7. The molecule has 0 fully saturated rings. The molecule has 5 heteroatoms. The minimum absolute atomic E-state index is 0. The van der Waals surface area contributed by atoms with Crippen molar-refractivity contribution >= 4 is 11.9 Å². The number of carbonyl (C=O) groups excluding carboxylic acids is 2. The fourth-order valence-corrected chi connectivity index (χ4v) is 3.30. The minimum Gasteiger partial charge on any atom is -0.549 e. The maximum absolute atomic E-state index is 12.5. The summed E-state index contributed by atoms with van der Waals surface area (Å²) in [7, 11) is 0. The van der Waals surface area contributed by atoms with E-state index in [-0.39, 0.29) is 35.5 Å². The molecule has 0 rings (SSSR count). The van der Waals surface area contributed by atoms with E-state index >= 15 is 0 Å². The summed E-state index contributed by atoms with van der Waals surface area (Å²) in [5.74, 6) is -1.54. The van der Waals surface area contributed by atoms with Crippen LogP contribution in [0.3, 0.4) is 0 Å². The first-order valence-electron chi connectivity index (χ1n) is 10.4. The summed E-state index contributed by atoms with van der Waals surface area (Å²) in [5.41, 5.74) is -1.38. The number of aliphatic carboxylic acids is 1. The third kappa shape index (κ3) is 10.9. The molecule has 0 aliphatic heterocycles. The van der Waals surface area contributed by atoms with Crippen LogP contribution in [0.1, 0.15) is 105 Å². The molecule has 0 saturated carbocycles. The fraction of sp³-hybridized carbons (Fsp3) is 0.905. The number of amides is 1. The first-order chi connectivity index (χ1) is 11.9. The topological polar surface area (TPSA) is 60.4 Å². The van der Waals surface area contributed by atoms with Crippen molar-refractivity contribution in [2.75, 3.05) is 13.1 Å². The Kier molecular flexibility index (Phi) is 18.5. The number of carboxylic acids is 1. The van der Waals surface area contributed by atoms with Crippen LogP contribution in [0.5, 0.6) is 0 Å². The molecule has 0 aromatic carbocycles. The SMILES string of the molecule is CCCCCCCCCCCCCC(C)(C(=O)[O-])C(=O)N(CC)CC.[Na+]. The van der Waals surface area contributed by atoms with Crippen LogP contribution < -0.4 is 34.7 Å². The standard InChI is InChI=1S/C21H41NO3.Na/c1-5-8-9-10-11-12-13-14-15-16-17-18-21(4,20(24)25)19(23)22(6-2)7-3;/h5-18H2,1-4H3,(H,24,25);/q;+1/p-1. The van der Waals surface area contributed by atoms with E-state index in [0.717, 1.165) is 19.3 Å². The second kappa shape index (κ2) is 17.1. The molecular formula is C21H40NNaO3. The Balaban J connectivity index is 0. The first kappa shape index (κ1) is 28.2. The number of hydrogen-bond donors (Lipinski definition) is 0. The average Bonchev–Trinajstić information content (AvgIpc) is 2.60. The van der Waals surface area contributed by atoms with Gasteiger partial charge in [-0.2, -0.15) is 0 Å². The van der Waals surface area contributed by atoms with Crippen LogP contribution in [0.25, 0.3) is 0 Å². The molecule has 0 aromatic rings. The summed E-state index contributed by atoms with van der Waals surface area (Å²) in [6, 6.07) is 0. The fourth-order valence-electron chi connectivity index (χ4n) is 3.30. The van der Waals surface area contributed by atoms with Crippen molar-refractivity contribution in [3.05, 3.63) is 0 Å². The van der Waals surface area contributed by atoms with Crippen molar-refractivity contribution in [3.63, 3.8) is 0 Å². The van der Waals surface area contributed by atoms with E-state index in [4.69, 9.17) is 0 Å². The monoisotopic (exact) mass is 377 g/mol. The van der Waals surface area contributed by atoms with Gasteiger partial charge in [0.15, 0.2) is 0 Å². The predicted octanol–water partition coefficient (Wildman–Crippen LogP) is 1.32. The molecule has 26 heavy (non-hydrogen) atoms. The van der Waals surface area contributed by atoms with Gasteiger partial charge in [-0.15, -0.1) is 0 Å². The molecule has 0 aliphatic rings. The molecule has 1 unspecified atom stereocenters. The van der Waals surface area contributed by atoms with Gasteiger partial charge >= 0.3 is 29.6 Å². The normalized spacial score (nSPS) is 12.9. The van der Waals surface area contributed by atoms with Gasteiger partial charge in [0.1, 0.15) is 0 Å². The summed E-state index contributed by atoms with van der Waals surface area (Å²) >= 11 is 0. The van der Waals surface area contributed by atoms with Gasteiger partial charge < -0.3 is 14.8 Å². The zero-order valence-electron chi connectivity index (χ0n) is 18.1. The zero-order valence-corrected chi connectivity index (χ0v) is 20.1. The smallest absolute Gasteiger partial charge is 0.549 e. The quantitative estimate of drug-likeness (QED) is 0.232. The van der Waals surface area contributed by atoms with Crippen molar-refractivity contribution in [1.82, 2.24) is 4.90 Å². The Morgan fingerprint density at radius 2 is 1.15 bits per heavy atom. The summed E-state index contributed by atoms with van der Waals surface area (Å²) < 4.78 is 0. The molecule has 1 atom stereocenters. The third-order valence-electron chi connectivity index (χ3n) is 5.25. The second-order valence-electron chi connectivity index (χ2n) is 7.38. The van der Waals surface area contributed by atoms with E-state index in [1.54, 1.807) is 4.90 Å². The van der Waals surface area contributed by atoms with Crippen LogP contribution in [0.4, 0.5) is 0 Å². The molecule has 0 saturated heterocycles. The van der Waals surface area contributed by atoms with Crippen LogP contribution in [-0.4, -0.2) is 29.9 Å². The van der Waals surface area contributed by atoms with Crippen LogP contribution in [-0.2, 0) is 9.59 Å². The van der Waals surface area contributed by atoms with Crippen LogP contribution in [0, 0.1) is 5.41 Å². The molecule has 0 radical (unpaired) electrons. The largest absolute Gasteiger partial charge is 1.00 e. The van der Waals surface area contributed by atoms with E-state index < -0.39 is 11.4 Å². The van der Waals surface area contributed by atoms with Gasteiger partial charge in [0, 0.05) is 13.1 Å². The van der Waals surface area contributed by atoms with Crippen molar-refractivity contribution in [2.45, 2.75) is 105 Å². The molecule has 1 amide bonds. The summed E-state index contributed by atoms with van der Waals surface area (Å²) in [5, 5.41) is 11.6. The van der Waals surface area contributed by atoms with Crippen molar-refractivity contribution in [2.24, 2.45) is 5.41 Å². The molecule has 0 spiro atoms. The van der Waals surface area contributed by atoms with Crippen molar-refractivity contribution < 1.29 is 44.3 Å². The van der Waals surface area contributed by atoms with Crippen LogP contribution in [0.2, 0.25) is 0 Å². The number of carboxylic acid groups (broad SMARTS) is 1. The van der Waals surface area contributed by atoms with E-state index in [2.05, 4.69) is 6.92 Å². The first-order valence-corrected chi connectivity index (χ1v) is 10.4. The molecule has 148 valence electrons. The third-order valence-corrected chi connectivity index (χ3v) is 5.25. The van der Waals surface area contributed by atoms with Gasteiger partial charge in [-0.05, 0) is 27.2 Å². The van der Waals surface area contributed by atoms with Gasteiger partial charge in [-0.3, -0.25) is 4.79 Å². The molecule has 4 nitrogen and oxygen atoms in total. The van der Waals surface area contributed by atoms with Gasteiger partial charge in [0.2, 0.25) is 5.91 Å². The van der Waals surface area contributed by atoms with Crippen LogP contribution >= 0.6 is 0 Å². The molecular weight excluding hydrogens is 337 g/mol. The van der Waals surface area contributed by atoms with E-state index in [1.807, 2.05) is 13.8 Å². The Bertz CT molecular complexity index is 372. The molecule has 0 N–H and O–H groups in total. The Morgan fingerprint density at radius 3 is 1.50 bits per heavy atom. The minimum atomic E-state index is -1.38. The Morgan fingerprint density at radius 1 is 0.769 bits per heavy atom. The second-order valence-corrected chi connectivity index (χ2v) is 7.38. The predicted molar refractivity (Wildman–Crippen MR) is 102 cm³/mol. The van der Waals surface area contributed by atoms with E-state index in [0.29, 0.717) is 19.5 Å². The molecule has 0 bridgehead atoms. The van der Waals surface area contributed by atoms with Gasteiger partial charge in [-0.1, -0.05) is 77.6 Å². The van der Waals surface area contributed by atoms with Gasteiger partial charge in [-0.25, -0.2) is 0 Å². The number of carbonyl (C=O) groups is 2. The summed E-state index contributed by atoms with van der Waals surface area (Å²) in [4.78, 5) is 25.6. The van der Waals surface area contributed by atoms with Crippen molar-refractivity contribution in [3.8, 4) is 0 Å². The number of unbranched alkanes of at least 4 members (excludes halogenated alkanes) is 10. The maximum Gasteiger partial charge on any atom is 1.00 e. The van der Waals surface area contributed by atoms with Gasteiger partial charge in [0.05, 0.1) is 11.4 Å². The maximum atomic E-state index is 12.5. The van der Waals surface area contributed by atoms with E-state index in [1.165, 1.54) is 58.3 Å². The molecule has 0 aliphatic carbocycles. The van der Waals surface area contributed by atoms with Crippen LogP contribution in [0.15, 0.2) is 0 Å². The number of rotatable bonds is 16.